The van der Waals surface area contributed by atoms with Crippen molar-refractivity contribution in [2.24, 2.45) is 0 Å². The predicted octanol–water partition coefficient (Wildman–Crippen LogP) is 5.52. The number of hydrogen-bond acceptors (Lipinski definition) is 1. The molecule has 4 rings (SSSR count). The first-order chi connectivity index (χ1) is 10.7. The van der Waals surface area contributed by atoms with E-state index in [2.05, 4.69) is 0 Å². The Morgan fingerprint density at radius 1 is 0.652 bits per heavy atom. The SMILES string of the molecule is FC(F)(F)c1ccc2c(c1)-c1cc(C(F)(F)F)ccc1[C@H]1O[C@H]21. The molecule has 1 fully saturated rings. The van der Waals surface area contributed by atoms with Gasteiger partial charge in [0.1, 0.15) is 12.2 Å². The zero-order valence-electron chi connectivity index (χ0n) is 11.3. The minimum absolute atomic E-state index is 0.152. The number of rotatable bonds is 0. The maximum atomic E-state index is 12.9. The molecule has 1 aliphatic carbocycles. The van der Waals surface area contributed by atoms with E-state index in [1.807, 2.05) is 0 Å². The van der Waals surface area contributed by atoms with E-state index in [0.717, 1.165) is 24.3 Å². The molecule has 0 radical (unpaired) electrons. The number of benzene rings is 2. The van der Waals surface area contributed by atoms with Crippen molar-refractivity contribution in [1.82, 2.24) is 0 Å². The molecule has 2 aromatic carbocycles. The highest BCUT2D eigenvalue weighted by molar-refractivity contribution is 5.77. The predicted molar refractivity (Wildman–Crippen MR) is 68.4 cm³/mol. The van der Waals surface area contributed by atoms with Gasteiger partial charge in [-0.1, -0.05) is 12.1 Å². The fraction of sp³-hybridized carbons (Fsp3) is 0.250. The van der Waals surface area contributed by atoms with Crippen molar-refractivity contribution < 1.29 is 31.1 Å². The van der Waals surface area contributed by atoms with Crippen LogP contribution in [0.2, 0.25) is 0 Å². The van der Waals surface area contributed by atoms with Crippen LogP contribution in [0.4, 0.5) is 26.3 Å². The fourth-order valence-corrected chi connectivity index (χ4v) is 3.01. The number of halogens is 6. The lowest BCUT2D eigenvalue weighted by Gasteiger charge is -2.20. The Morgan fingerprint density at radius 3 is 1.39 bits per heavy atom. The Labute approximate surface area is 126 Å². The molecule has 1 aliphatic heterocycles. The first kappa shape index (κ1) is 14.6. The van der Waals surface area contributed by atoms with Gasteiger partial charge < -0.3 is 4.74 Å². The van der Waals surface area contributed by atoms with E-state index in [1.165, 1.54) is 12.1 Å². The summed E-state index contributed by atoms with van der Waals surface area (Å²) in [6.07, 6.45) is -9.87. The normalized spacial score (nSPS) is 22.2. The smallest absolute Gasteiger partial charge is 0.359 e. The third-order valence-electron chi connectivity index (χ3n) is 4.16. The van der Waals surface area contributed by atoms with E-state index < -0.39 is 23.5 Å². The minimum atomic E-state index is -4.56. The van der Waals surface area contributed by atoms with Crippen LogP contribution >= 0.6 is 0 Å². The van der Waals surface area contributed by atoms with Gasteiger partial charge in [0.15, 0.2) is 0 Å². The van der Waals surface area contributed by atoms with Gasteiger partial charge in [-0.05, 0) is 46.5 Å². The van der Waals surface area contributed by atoms with Crippen molar-refractivity contribution in [3.63, 3.8) is 0 Å². The highest BCUT2D eigenvalue weighted by Crippen LogP contribution is 2.60. The van der Waals surface area contributed by atoms with E-state index in [1.54, 1.807) is 0 Å². The van der Waals surface area contributed by atoms with Crippen molar-refractivity contribution in [2.75, 3.05) is 0 Å². The molecular formula is C16H8F6O. The van der Waals surface area contributed by atoms with Gasteiger partial charge in [0, 0.05) is 0 Å². The Hall–Kier alpha value is -2.02. The van der Waals surface area contributed by atoms with Crippen LogP contribution in [0.25, 0.3) is 11.1 Å². The molecule has 2 aliphatic rings. The first-order valence-electron chi connectivity index (χ1n) is 6.74. The summed E-state index contributed by atoms with van der Waals surface area (Å²) >= 11 is 0. The Kier molecular flexibility index (Phi) is 2.71. The maximum Gasteiger partial charge on any atom is 0.416 e. The van der Waals surface area contributed by atoms with Crippen molar-refractivity contribution in [1.29, 1.82) is 0 Å². The van der Waals surface area contributed by atoms with Gasteiger partial charge in [-0.3, -0.25) is 0 Å². The van der Waals surface area contributed by atoms with Crippen molar-refractivity contribution in [3.8, 4) is 11.1 Å². The molecule has 2 aromatic rings. The van der Waals surface area contributed by atoms with Gasteiger partial charge in [-0.2, -0.15) is 26.3 Å². The van der Waals surface area contributed by atoms with Crippen LogP contribution < -0.4 is 0 Å². The standard InChI is InChI=1S/C16H8F6O/c17-15(18,19)7-1-3-9-11(5-7)12-6-8(16(20,21)22)2-4-10(12)14-13(9)23-14/h1-6,13-14H/t13-,14-/m1/s1. The van der Waals surface area contributed by atoms with Crippen LogP contribution in [0.3, 0.4) is 0 Å². The minimum Gasteiger partial charge on any atom is -0.359 e. The molecule has 0 aromatic heterocycles. The van der Waals surface area contributed by atoms with Gasteiger partial charge in [0.2, 0.25) is 0 Å². The second kappa shape index (κ2) is 4.29. The molecule has 2 atom stereocenters. The summed E-state index contributed by atoms with van der Waals surface area (Å²) < 4.78 is 82.8. The molecule has 1 nitrogen and oxygen atoms in total. The summed E-state index contributed by atoms with van der Waals surface area (Å²) in [6.45, 7) is 0. The van der Waals surface area contributed by atoms with Gasteiger partial charge in [-0.15, -0.1) is 0 Å². The maximum absolute atomic E-state index is 12.9. The molecule has 0 saturated carbocycles. The molecule has 120 valence electrons. The topological polar surface area (TPSA) is 12.5 Å². The summed E-state index contributed by atoms with van der Waals surface area (Å²) in [6, 6.07) is 6.21. The average Bonchev–Trinajstić information content (AvgIpc) is 3.25. The largest absolute Gasteiger partial charge is 0.416 e. The van der Waals surface area contributed by atoms with Crippen LogP contribution in [-0.4, -0.2) is 0 Å². The van der Waals surface area contributed by atoms with Crippen LogP contribution in [0.5, 0.6) is 0 Å². The van der Waals surface area contributed by atoms with E-state index in [4.69, 9.17) is 4.74 Å². The first-order valence-corrected chi connectivity index (χ1v) is 6.74. The lowest BCUT2D eigenvalue weighted by atomic mass is 9.84. The summed E-state index contributed by atoms with van der Waals surface area (Å²) in [5, 5.41) is 0. The van der Waals surface area contributed by atoms with E-state index in [-0.39, 0.29) is 23.3 Å². The highest BCUT2D eigenvalue weighted by atomic mass is 19.4. The van der Waals surface area contributed by atoms with Gasteiger partial charge in [0.05, 0.1) is 11.1 Å². The molecule has 1 saturated heterocycles. The molecule has 0 spiro atoms. The van der Waals surface area contributed by atoms with Crippen LogP contribution in [0.15, 0.2) is 36.4 Å². The zero-order valence-corrected chi connectivity index (χ0v) is 11.3. The Balaban J connectivity index is 1.93. The summed E-state index contributed by atoms with van der Waals surface area (Å²) in [5.74, 6) is 0. The zero-order chi connectivity index (χ0) is 16.6. The van der Waals surface area contributed by atoms with E-state index in [9.17, 15) is 26.3 Å². The number of ether oxygens (including phenoxy) is 1. The third-order valence-corrected chi connectivity index (χ3v) is 4.16. The summed E-state index contributed by atoms with van der Waals surface area (Å²) in [5.41, 5.74) is -0.485. The number of fused-ring (bicyclic) bond motifs is 6. The van der Waals surface area contributed by atoms with Crippen LogP contribution in [0.1, 0.15) is 34.5 Å². The van der Waals surface area contributed by atoms with E-state index >= 15 is 0 Å². The summed E-state index contributed by atoms with van der Waals surface area (Å²) in [4.78, 5) is 0. The van der Waals surface area contributed by atoms with Crippen LogP contribution in [-0.2, 0) is 17.1 Å². The van der Waals surface area contributed by atoms with Crippen LogP contribution in [0, 0.1) is 0 Å². The lowest BCUT2D eigenvalue weighted by Crippen LogP contribution is -2.09. The van der Waals surface area contributed by atoms with Crippen molar-refractivity contribution >= 4 is 0 Å². The van der Waals surface area contributed by atoms with Crippen molar-refractivity contribution in [3.05, 3.63) is 58.7 Å². The number of hydrogen-bond donors (Lipinski definition) is 0. The fourth-order valence-electron chi connectivity index (χ4n) is 3.01. The summed E-state index contributed by atoms with van der Waals surface area (Å²) in [7, 11) is 0. The number of alkyl halides is 6. The molecule has 0 amide bonds. The highest BCUT2D eigenvalue weighted by Gasteiger charge is 2.48. The number of epoxide rings is 1. The molecule has 1 heterocycles. The third kappa shape index (κ3) is 2.22. The molecule has 7 heteroatoms. The molecule has 0 bridgehead atoms. The lowest BCUT2D eigenvalue weighted by molar-refractivity contribution is -0.138. The quantitative estimate of drug-likeness (QED) is 0.458. The van der Waals surface area contributed by atoms with Crippen molar-refractivity contribution in [2.45, 2.75) is 24.6 Å². The Bertz CT molecular complexity index is 738. The molecule has 0 unspecified atom stereocenters. The Morgan fingerprint density at radius 2 is 1.04 bits per heavy atom. The van der Waals surface area contributed by atoms with Gasteiger partial charge >= 0.3 is 12.4 Å². The average molecular weight is 330 g/mol. The second-order valence-corrected chi connectivity index (χ2v) is 5.58. The monoisotopic (exact) mass is 330 g/mol. The van der Waals surface area contributed by atoms with E-state index in [0.29, 0.717) is 11.1 Å². The van der Waals surface area contributed by atoms with Gasteiger partial charge in [0.25, 0.3) is 0 Å². The second-order valence-electron chi connectivity index (χ2n) is 5.58. The molecule has 23 heavy (non-hydrogen) atoms. The molecular weight excluding hydrogens is 322 g/mol. The molecule has 0 N–H and O–H groups in total. The van der Waals surface area contributed by atoms with Gasteiger partial charge in [-0.25, -0.2) is 0 Å².